The van der Waals surface area contributed by atoms with Crippen LogP contribution in [-0.4, -0.2) is 47.1 Å². The van der Waals surface area contributed by atoms with Crippen LogP contribution in [0.15, 0.2) is 0 Å². The summed E-state index contributed by atoms with van der Waals surface area (Å²) in [5.74, 6) is 1.89. The Balaban J connectivity index is 2.16. The molecule has 1 aliphatic rings. The van der Waals surface area contributed by atoms with Crippen LogP contribution in [-0.2, 0) is 6.42 Å². The first-order valence-electron chi connectivity index (χ1n) is 7.55. The van der Waals surface area contributed by atoms with Gasteiger partial charge in [0.15, 0.2) is 0 Å². The summed E-state index contributed by atoms with van der Waals surface area (Å²) in [6, 6.07) is 0.614. The standard InChI is InChI=1S/C15H25ClN4/c1-5-6-13-17-14(16)12(4)15(18-13)20-9-7-19(8-10-20)11(2)3/h11H,5-10H2,1-4H3. The molecule has 5 heteroatoms. The second kappa shape index (κ2) is 6.72. The molecular formula is C15H25ClN4. The Morgan fingerprint density at radius 1 is 1.15 bits per heavy atom. The third-order valence-electron chi connectivity index (χ3n) is 3.92. The summed E-state index contributed by atoms with van der Waals surface area (Å²) >= 11 is 6.26. The van der Waals surface area contributed by atoms with Crippen LogP contribution in [0.4, 0.5) is 5.82 Å². The van der Waals surface area contributed by atoms with Gasteiger partial charge >= 0.3 is 0 Å². The molecule has 1 aromatic heterocycles. The monoisotopic (exact) mass is 296 g/mol. The summed E-state index contributed by atoms with van der Waals surface area (Å²) in [5.41, 5.74) is 1.00. The summed E-state index contributed by atoms with van der Waals surface area (Å²) < 4.78 is 0. The highest BCUT2D eigenvalue weighted by Crippen LogP contribution is 2.25. The van der Waals surface area contributed by atoms with Crippen LogP contribution in [0.3, 0.4) is 0 Å². The fourth-order valence-corrected chi connectivity index (χ4v) is 2.80. The van der Waals surface area contributed by atoms with E-state index in [9.17, 15) is 0 Å². The number of aromatic nitrogens is 2. The van der Waals surface area contributed by atoms with E-state index in [-0.39, 0.29) is 0 Å². The van der Waals surface area contributed by atoms with Gasteiger partial charge in [-0.25, -0.2) is 9.97 Å². The number of anilines is 1. The molecule has 0 unspecified atom stereocenters. The maximum Gasteiger partial charge on any atom is 0.137 e. The van der Waals surface area contributed by atoms with Crippen molar-refractivity contribution in [3.63, 3.8) is 0 Å². The fourth-order valence-electron chi connectivity index (χ4n) is 2.61. The fraction of sp³-hybridized carbons (Fsp3) is 0.733. The minimum Gasteiger partial charge on any atom is -0.354 e. The van der Waals surface area contributed by atoms with Crippen LogP contribution >= 0.6 is 11.6 Å². The lowest BCUT2D eigenvalue weighted by molar-refractivity contribution is 0.209. The van der Waals surface area contributed by atoms with Crippen molar-refractivity contribution < 1.29 is 0 Å². The van der Waals surface area contributed by atoms with Gasteiger partial charge in [-0.05, 0) is 27.2 Å². The molecule has 2 heterocycles. The Kier molecular flexibility index (Phi) is 5.22. The van der Waals surface area contributed by atoms with Crippen LogP contribution in [0, 0.1) is 6.92 Å². The molecule has 0 saturated carbocycles. The lowest BCUT2D eigenvalue weighted by Crippen LogP contribution is -2.49. The van der Waals surface area contributed by atoms with Gasteiger partial charge in [0.2, 0.25) is 0 Å². The topological polar surface area (TPSA) is 32.3 Å². The molecule has 112 valence electrons. The van der Waals surface area contributed by atoms with Gasteiger partial charge in [0.1, 0.15) is 16.8 Å². The van der Waals surface area contributed by atoms with E-state index in [1.165, 1.54) is 0 Å². The van der Waals surface area contributed by atoms with Gasteiger partial charge in [-0.1, -0.05) is 18.5 Å². The van der Waals surface area contributed by atoms with Gasteiger partial charge < -0.3 is 4.90 Å². The molecule has 0 amide bonds. The quantitative estimate of drug-likeness (QED) is 0.800. The average Bonchev–Trinajstić information content (AvgIpc) is 2.43. The third kappa shape index (κ3) is 3.41. The van der Waals surface area contributed by atoms with E-state index in [1.807, 2.05) is 6.92 Å². The predicted octanol–water partition coefficient (Wildman–Crippen LogP) is 2.92. The average molecular weight is 297 g/mol. The van der Waals surface area contributed by atoms with Crippen molar-refractivity contribution in [3.8, 4) is 0 Å². The summed E-state index contributed by atoms with van der Waals surface area (Å²) in [7, 11) is 0. The predicted molar refractivity (Wildman–Crippen MR) is 84.7 cm³/mol. The van der Waals surface area contributed by atoms with Crippen LogP contribution in [0.2, 0.25) is 5.15 Å². The second-order valence-electron chi connectivity index (χ2n) is 5.75. The molecule has 0 spiro atoms. The van der Waals surface area contributed by atoms with E-state index >= 15 is 0 Å². The number of piperazine rings is 1. The summed E-state index contributed by atoms with van der Waals surface area (Å²) in [6.45, 7) is 12.9. The molecular weight excluding hydrogens is 272 g/mol. The number of hydrogen-bond donors (Lipinski definition) is 0. The van der Waals surface area contributed by atoms with Crippen molar-refractivity contribution in [2.75, 3.05) is 31.1 Å². The normalized spacial score (nSPS) is 17.0. The van der Waals surface area contributed by atoms with Crippen LogP contribution in [0.1, 0.15) is 38.6 Å². The zero-order valence-corrected chi connectivity index (χ0v) is 13.7. The first-order chi connectivity index (χ1) is 9.52. The third-order valence-corrected chi connectivity index (χ3v) is 4.29. The van der Waals surface area contributed by atoms with Crippen molar-refractivity contribution >= 4 is 17.4 Å². The smallest absolute Gasteiger partial charge is 0.137 e. The zero-order chi connectivity index (χ0) is 14.7. The van der Waals surface area contributed by atoms with Crippen LogP contribution in [0.5, 0.6) is 0 Å². The minimum absolute atomic E-state index is 0.602. The molecule has 0 atom stereocenters. The molecule has 0 aliphatic carbocycles. The molecule has 0 radical (unpaired) electrons. The summed E-state index contributed by atoms with van der Waals surface area (Å²) in [6.07, 6.45) is 1.93. The summed E-state index contributed by atoms with van der Waals surface area (Å²) in [4.78, 5) is 14.0. The van der Waals surface area contributed by atoms with E-state index in [0.717, 1.165) is 56.2 Å². The second-order valence-corrected chi connectivity index (χ2v) is 6.10. The summed E-state index contributed by atoms with van der Waals surface area (Å²) in [5, 5.41) is 0.602. The SMILES string of the molecule is CCCc1nc(Cl)c(C)c(N2CCN(C(C)C)CC2)n1. The molecule has 0 N–H and O–H groups in total. The van der Waals surface area contributed by atoms with Crippen molar-refractivity contribution in [1.82, 2.24) is 14.9 Å². The van der Waals surface area contributed by atoms with Crippen LogP contribution in [0.25, 0.3) is 0 Å². The molecule has 1 saturated heterocycles. The molecule has 1 aromatic rings. The first-order valence-corrected chi connectivity index (χ1v) is 7.92. The van der Waals surface area contributed by atoms with Crippen molar-refractivity contribution in [3.05, 3.63) is 16.5 Å². The van der Waals surface area contributed by atoms with Crippen molar-refractivity contribution in [1.29, 1.82) is 0 Å². The number of halogens is 1. The number of rotatable bonds is 4. The highest BCUT2D eigenvalue weighted by Gasteiger charge is 2.22. The Labute approximate surface area is 127 Å². The maximum absolute atomic E-state index is 6.26. The Morgan fingerprint density at radius 3 is 2.35 bits per heavy atom. The molecule has 20 heavy (non-hydrogen) atoms. The highest BCUT2D eigenvalue weighted by molar-refractivity contribution is 6.30. The van der Waals surface area contributed by atoms with Crippen molar-refractivity contribution in [2.45, 2.75) is 46.6 Å². The van der Waals surface area contributed by atoms with Gasteiger partial charge in [0.05, 0.1) is 0 Å². The molecule has 0 bridgehead atoms. The first kappa shape index (κ1) is 15.5. The van der Waals surface area contributed by atoms with Gasteiger partial charge in [-0.3, -0.25) is 4.90 Å². The minimum atomic E-state index is 0.602. The van der Waals surface area contributed by atoms with E-state index < -0.39 is 0 Å². The Hall–Kier alpha value is -0.870. The van der Waals surface area contributed by atoms with E-state index in [2.05, 4.69) is 35.6 Å². The van der Waals surface area contributed by atoms with Gasteiger partial charge in [-0.2, -0.15) is 0 Å². The van der Waals surface area contributed by atoms with Gasteiger partial charge in [0.25, 0.3) is 0 Å². The van der Waals surface area contributed by atoms with Gasteiger partial charge in [-0.15, -0.1) is 0 Å². The van der Waals surface area contributed by atoms with Crippen LogP contribution < -0.4 is 4.90 Å². The number of nitrogens with zero attached hydrogens (tertiary/aromatic N) is 4. The largest absolute Gasteiger partial charge is 0.354 e. The van der Waals surface area contributed by atoms with E-state index in [4.69, 9.17) is 16.6 Å². The molecule has 2 rings (SSSR count). The maximum atomic E-state index is 6.26. The van der Waals surface area contributed by atoms with Crippen molar-refractivity contribution in [2.24, 2.45) is 0 Å². The molecule has 1 aliphatic heterocycles. The lowest BCUT2D eigenvalue weighted by atomic mass is 10.2. The number of aryl methyl sites for hydroxylation is 1. The molecule has 1 fully saturated rings. The zero-order valence-electron chi connectivity index (χ0n) is 13.0. The van der Waals surface area contributed by atoms with E-state index in [0.29, 0.717) is 11.2 Å². The lowest BCUT2D eigenvalue weighted by Gasteiger charge is -2.38. The number of hydrogen-bond acceptors (Lipinski definition) is 4. The van der Waals surface area contributed by atoms with E-state index in [1.54, 1.807) is 0 Å². The Morgan fingerprint density at radius 2 is 1.80 bits per heavy atom. The Bertz CT molecular complexity index is 453. The molecule has 4 nitrogen and oxygen atoms in total. The highest BCUT2D eigenvalue weighted by atomic mass is 35.5. The van der Waals surface area contributed by atoms with Gasteiger partial charge in [0, 0.05) is 44.2 Å². The molecule has 0 aromatic carbocycles.